The van der Waals surface area contributed by atoms with Crippen LogP contribution in [0.4, 0.5) is 0 Å². The zero-order chi connectivity index (χ0) is 23.9. The Balaban J connectivity index is 1.75. The average molecular weight is 451 g/mol. The van der Waals surface area contributed by atoms with Gasteiger partial charge in [-0.2, -0.15) is 0 Å². The second-order valence-corrected chi connectivity index (χ2v) is 8.94. The molecule has 0 saturated carbocycles. The summed E-state index contributed by atoms with van der Waals surface area (Å²) in [6.07, 6.45) is 3.30. The molecule has 8 heteroatoms. The van der Waals surface area contributed by atoms with Crippen LogP contribution in [-0.2, 0) is 15.1 Å². The molecule has 8 nitrogen and oxygen atoms in total. The molecule has 2 aromatic heterocycles. The van der Waals surface area contributed by atoms with Gasteiger partial charge in [-0.1, -0.05) is 32.0 Å². The molecule has 3 aromatic rings. The van der Waals surface area contributed by atoms with Crippen LogP contribution >= 0.6 is 0 Å². The Morgan fingerprint density at radius 2 is 1.97 bits per heavy atom. The van der Waals surface area contributed by atoms with Gasteiger partial charge in [-0.25, -0.2) is 9.78 Å². The summed E-state index contributed by atoms with van der Waals surface area (Å²) in [7, 11) is 1.35. The average Bonchev–Trinajstić information content (AvgIpc) is 3.25. The first kappa shape index (κ1) is 22.9. The quantitative estimate of drug-likeness (QED) is 0.525. The number of pyridine rings is 1. The molecule has 1 aromatic carbocycles. The summed E-state index contributed by atoms with van der Waals surface area (Å²) in [5, 5.41) is 12.5. The van der Waals surface area contributed by atoms with Crippen molar-refractivity contribution < 1.29 is 19.4 Å². The van der Waals surface area contributed by atoms with Crippen LogP contribution in [0.5, 0.6) is 0 Å². The lowest BCUT2D eigenvalue weighted by atomic mass is 9.69. The monoisotopic (exact) mass is 450 g/mol. The number of carbonyl (C=O) groups is 2. The number of nitrogens with zero attached hydrogens (tertiary/aromatic N) is 2. The zero-order valence-corrected chi connectivity index (χ0v) is 19.4. The lowest BCUT2D eigenvalue weighted by Crippen LogP contribution is -2.57. The van der Waals surface area contributed by atoms with Crippen molar-refractivity contribution in [2.45, 2.75) is 26.4 Å². The first-order valence-corrected chi connectivity index (χ1v) is 11.1. The van der Waals surface area contributed by atoms with E-state index in [1.165, 1.54) is 7.11 Å². The maximum absolute atomic E-state index is 12.3. The molecule has 0 bridgehead atoms. The molecule has 1 amide bonds. The Morgan fingerprint density at radius 3 is 2.58 bits per heavy atom. The molecule has 0 aliphatic carbocycles. The van der Waals surface area contributed by atoms with E-state index in [0.29, 0.717) is 29.7 Å². The summed E-state index contributed by atoms with van der Waals surface area (Å²) in [5.41, 5.74) is 9.05. The lowest BCUT2D eigenvalue weighted by molar-refractivity contribution is -0.147. The first-order chi connectivity index (χ1) is 15.7. The van der Waals surface area contributed by atoms with Gasteiger partial charge in [0.15, 0.2) is 0 Å². The van der Waals surface area contributed by atoms with Crippen LogP contribution in [0.15, 0.2) is 36.7 Å². The fourth-order valence-electron chi connectivity index (χ4n) is 5.21. The van der Waals surface area contributed by atoms with Crippen molar-refractivity contribution in [1.29, 1.82) is 0 Å². The number of nitrogens with one attached hydrogen (secondary N) is 1. The number of esters is 1. The van der Waals surface area contributed by atoms with E-state index in [4.69, 9.17) is 10.5 Å². The van der Waals surface area contributed by atoms with Gasteiger partial charge >= 0.3 is 5.97 Å². The fraction of sp³-hybridized carbons (Fsp3) is 0.400. The molecule has 33 heavy (non-hydrogen) atoms. The molecule has 4 N–H and O–H groups in total. The molecule has 1 aliphatic heterocycles. The number of rotatable bonds is 4. The third-order valence-corrected chi connectivity index (χ3v) is 6.97. The molecule has 1 fully saturated rings. The van der Waals surface area contributed by atoms with E-state index >= 15 is 0 Å². The number of fused-ring (bicyclic) bond motifs is 1. The van der Waals surface area contributed by atoms with E-state index in [-0.39, 0.29) is 24.3 Å². The van der Waals surface area contributed by atoms with Crippen molar-refractivity contribution in [1.82, 2.24) is 14.9 Å². The largest absolute Gasteiger partial charge is 0.465 e. The number of likely N-dealkylation sites (tertiary alicyclic amines) is 1. The number of methoxy groups -OCH3 is 1. The minimum Gasteiger partial charge on any atom is -0.465 e. The van der Waals surface area contributed by atoms with Crippen molar-refractivity contribution in [3.05, 3.63) is 53.3 Å². The van der Waals surface area contributed by atoms with Gasteiger partial charge in [0.05, 0.1) is 24.8 Å². The standard InChI is InChI=1S/C25H30N4O4/c1-14-9-17(18-7-8-27-23-22(18)19(11-28-23)24(31)33-4)5-6-20(14)25(32)15(2)12-29(13-16(25)3)21(30)10-26/h5-9,11,15-16,32H,10,12-13,26H2,1-4H3,(H,27,28)/t15-,16+,25?. The highest BCUT2D eigenvalue weighted by atomic mass is 16.5. The van der Waals surface area contributed by atoms with Gasteiger partial charge in [0.25, 0.3) is 0 Å². The van der Waals surface area contributed by atoms with E-state index in [2.05, 4.69) is 9.97 Å². The van der Waals surface area contributed by atoms with Crippen LogP contribution < -0.4 is 5.73 Å². The second kappa shape index (κ2) is 8.61. The predicted molar refractivity (Wildman–Crippen MR) is 125 cm³/mol. The van der Waals surface area contributed by atoms with Crippen molar-refractivity contribution in [2.75, 3.05) is 26.7 Å². The van der Waals surface area contributed by atoms with Crippen LogP contribution in [0.2, 0.25) is 0 Å². The van der Waals surface area contributed by atoms with E-state index in [0.717, 1.165) is 22.3 Å². The Morgan fingerprint density at radius 1 is 1.27 bits per heavy atom. The van der Waals surface area contributed by atoms with Gasteiger partial charge in [-0.15, -0.1) is 0 Å². The number of amides is 1. The number of nitrogens with two attached hydrogens (primary N) is 1. The fourth-order valence-corrected chi connectivity index (χ4v) is 5.21. The van der Waals surface area contributed by atoms with Gasteiger partial charge in [0, 0.05) is 42.7 Å². The van der Waals surface area contributed by atoms with E-state index in [1.54, 1.807) is 17.3 Å². The van der Waals surface area contributed by atoms with Gasteiger partial charge < -0.3 is 25.5 Å². The summed E-state index contributed by atoms with van der Waals surface area (Å²) in [6, 6.07) is 7.80. The molecule has 174 valence electrons. The molecule has 0 spiro atoms. The number of aryl methyl sites for hydroxylation is 1. The molecular weight excluding hydrogens is 420 g/mol. The minimum atomic E-state index is -1.08. The van der Waals surface area contributed by atoms with Crippen molar-refractivity contribution in [3.63, 3.8) is 0 Å². The molecule has 1 saturated heterocycles. The Kier molecular flexibility index (Phi) is 5.99. The Labute approximate surface area is 192 Å². The van der Waals surface area contributed by atoms with Gasteiger partial charge in [-0.05, 0) is 35.2 Å². The van der Waals surface area contributed by atoms with E-state index < -0.39 is 11.6 Å². The van der Waals surface area contributed by atoms with Crippen LogP contribution in [0, 0.1) is 18.8 Å². The number of piperidine rings is 1. The number of hydrogen-bond acceptors (Lipinski definition) is 6. The molecule has 3 atom stereocenters. The number of hydrogen-bond donors (Lipinski definition) is 3. The molecule has 1 aliphatic rings. The number of H-pyrrole nitrogens is 1. The number of aliphatic hydroxyl groups is 1. The van der Waals surface area contributed by atoms with Crippen molar-refractivity contribution >= 4 is 22.9 Å². The van der Waals surface area contributed by atoms with Gasteiger partial charge in [0.2, 0.25) is 5.91 Å². The zero-order valence-electron chi connectivity index (χ0n) is 19.4. The van der Waals surface area contributed by atoms with E-state index in [1.807, 2.05) is 45.0 Å². The predicted octanol–water partition coefficient (Wildman–Crippen LogP) is 2.59. The second-order valence-electron chi connectivity index (χ2n) is 8.94. The molecule has 3 heterocycles. The topological polar surface area (TPSA) is 122 Å². The molecular formula is C25H30N4O4. The summed E-state index contributed by atoms with van der Waals surface area (Å²) in [5.74, 6) is -0.855. The van der Waals surface area contributed by atoms with Crippen LogP contribution in [0.1, 0.15) is 35.3 Å². The maximum atomic E-state index is 12.3. The minimum absolute atomic E-state index is 0.0291. The maximum Gasteiger partial charge on any atom is 0.340 e. The van der Waals surface area contributed by atoms with Crippen LogP contribution in [0.3, 0.4) is 0 Å². The number of carbonyl (C=O) groups excluding carboxylic acids is 2. The van der Waals surface area contributed by atoms with Crippen molar-refractivity contribution in [2.24, 2.45) is 17.6 Å². The third kappa shape index (κ3) is 3.69. The summed E-state index contributed by atoms with van der Waals surface area (Å²) >= 11 is 0. The number of ether oxygens (including phenoxy) is 1. The van der Waals surface area contributed by atoms with Gasteiger partial charge in [0.1, 0.15) is 5.65 Å². The Hall–Kier alpha value is -3.23. The number of aromatic amines is 1. The van der Waals surface area contributed by atoms with Gasteiger partial charge in [-0.3, -0.25) is 4.79 Å². The lowest BCUT2D eigenvalue weighted by Gasteiger charge is -2.48. The van der Waals surface area contributed by atoms with Crippen molar-refractivity contribution in [3.8, 4) is 11.1 Å². The molecule has 4 rings (SSSR count). The highest BCUT2D eigenvalue weighted by molar-refractivity contribution is 6.09. The highest BCUT2D eigenvalue weighted by Gasteiger charge is 2.47. The highest BCUT2D eigenvalue weighted by Crippen LogP contribution is 2.43. The summed E-state index contributed by atoms with van der Waals surface area (Å²) in [4.78, 5) is 33.5. The first-order valence-electron chi connectivity index (χ1n) is 11.1. The normalized spacial score (nSPS) is 23.0. The Bertz CT molecular complexity index is 1210. The summed E-state index contributed by atoms with van der Waals surface area (Å²) < 4.78 is 4.93. The number of aromatic nitrogens is 2. The molecule has 1 unspecified atom stereocenters. The van der Waals surface area contributed by atoms with Crippen LogP contribution in [-0.4, -0.2) is 58.6 Å². The van der Waals surface area contributed by atoms with E-state index in [9.17, 15) is 14.7 Å². The SMILES string of the molecule is COC(=O)c1c[nH]c2nccc(-c3ccc(C4(O)[C@H](C)CN(C(=O)CN)C[C@@H]4C)c(C)c3)c12. The third-order valence-electron chi connectivity index (χ3n) is 6.97. The summed E-state index contributed by atoms with van der Waals surface area (Å²) in [6.45, 7) is 6.79. The van der Waals surface area contributed by atoms with Crippen LogP contribution in [0.25, 0.3) is 22.2 Å². The molecule has 0 radical (unpaired) electrons. The number of benzene rings is 1. The smallest absolute Gasteiger partial charge is 0.340 e.